The zero-order valence-electron chi connectivity index (χ0n) is 23.5. The number of aliphatic hydroxyl groups is 1. The lowest BCUT2D eigenvalue weighted by atomic mass is 9.55. The number of ether oxygens (including phenoxy) is 5. The number of hydrogen-bond donors (Lipinski definition) is 1. The number of ketones is 1. The van der Waals surface area contributed by atoms with Gasteiger partial charge in [-0.1, -0.05) is 25.5 Å². The van der Waals surface area contributed by atoms with E-state index in [0.717, 1.165) is 5.57 Å². The molecular weight excluding hydrogens is 492 g/mol. The number of Topliss-reactive ketones (excluding diaryl/α,β-unsaturated/α-hetero) is 1. The van der Waals surface area contributed by atoms with Crippen LogP contribution in [0.1, 0.15) is 72.6 Å². The summed E-state index contributed by atoms with van der Waals surface area (Å²) in [5.41, 5.74) is 0.627. The third kappa shape index (κ3) is 5.58. The molecule has 2 saturated heterocycles. The van der Waals surface area contributed by atoms with Gasteiger partial charge in [0.1, 0.15) is 18.0 Å². The molecule has 11 atom stereocenters. The van der Waals surface area contributed by atoms with Crippen LogP contribution in [0.2, 0.25) is 0 Å². The molecule has 0 amide bonds. The molecule has 0 aromatic rings. The second-order valence-corrected chi connectivity index (χ2v) is 11.9. The first-order valence-corrected chi connectivity index (χ1v) is 14.0. The lowest BCUT2D eigenvalue weighted by Gasteiger charge is -2.49. The summed E-state index contributed by atoms with van der Waals surface area (Å²) in [6.45, 7) is 7.61. The van der Waals surface area contributed by atoms with Gasteiger partial charge in [-0.15, -0.1) is 0 Å². The molecule has 4 aliphatic rings. The highest BCUT2D eigenvalue weighted by Crippen LogP contribution is 2.54. The Balaban J connectivity index is 1.44. The van der Waals surface area contributed by atoms with Gasteiger partial charge in [0.05, 0.1) is 37.3 Å². The molecular formula is C29H44O9. The Kier molecular flexibility index (Phi) is 9.02. The Morgan fingerprint density at radius 3 is 2.55 bits per heavy atom. The van der Waals surface area contributed by atoms with E-state index in [1.54, 1.807) is 7.11 Å². The van der Waals surface area contributed by atoms with E-state index in [2.05, 4.69) is 13.0 Å². The molecule has 0 bridgehead atoms. The van der Waals surface area contributed by atoms with Gasteiger partial charge in [0.2, 0.25) is 0 Å². The zero-order valence-corrected chi connectivity index (χ0v) is 23.5. The van der Waals surface area contributed by atoms with E-state index < -0.39 is 35.7 Å². The molecule has 38 heavy (non-hydrogen) atoms. The third-order valence-corrected chi connectivity index (χ3v) is 9.69. The first-order chi connectivity index (χ1) is 18.0. The largest absolute Gasteiger partial charge is 0.469 e. The van der Waals surface area contributed by atoms with E-state index in [4.69, 9.17) is 23.7 Å². The minimum Gasteiger partial charge on any atom is -0.469 e. The van der Waals surface area contributed by atoms with E-state index in [-0.39, 0.29) is 47.9 Å². The number of hydrogen-bond acceptors (Lipinski definition) is 9. The standard InChI is InChI=1S/C29H44O9/c1-15-20(16(2)37-27(15)32)9-10-22(30)21-8-7-18-13-19(11-12-29(18,4)25(21)28(33)35-6)38-24-14-23(34-5)26(31)17(3)36-24/h7,15-17,19-21,23-26,31H,8-14H2,1-6H3/t15-,16+,17-,19+,20-,21-,23-,24+,25-,26+,29+/m1/s1. The Bertz CT molecular complexity index is 931. The normalized spacial score (nSPS) is 43.1. The van der Waals surface area contributed by atoms with Crippen molar-refractivity contribution in [1.82, 2.24) is 0 Å². The van der Waals surface area contributed by atoms with E-state index in [9.17, 15) is 19.5 Å². The monoisotopic (exact) mass is 536 g/mol. The van der Waals surface area contributed by atoms with Crippen molar-refractivity contribution in [2.24, 2.45) is 29.1 Å². The number of carbonyl (C=O) groups excluding carboxylic acids is 3. The Labute approximate surface area is 225 Å². The fourth-order valence-electron chi connectivity index (χ4n) is 7.19. The molecule has 214 valence electrons. The first kappa shape index (κ1) is 29.2. The number of esters is 2. The molecule has 9 nitrogen and oxygen atoms in total. The van der Waals surface area contributed by atoms with Crippen LogP contribution in [0, 0.1) is 29.1 Å². The summed E-state index contributed by atoms with van der Waals surface area (Å²) >= 11 is 0. The number of carbonyl (C=O) groups is 3. The summed E-state index contributed by atoms with van der Waals surface area (Å²) in [5, 5.41) is 10.3. The molecule has 2 aliphatic carbocycles. The Morgan fingerprint density at radius 1 is 1.18 bits per heavy atom. The van der Waals surface area contributed by atoms with Crippen molar-refractivity contribution in [2.45, 2.75) is 109 Å². The molecule has 2 aliphatic heterocycles. The fourth-order valence-corrected chi connectivity index (χ4v) is 7.19. The summed E-state index contributed by atoms with van der Waals surface area (Å²) in [4.78, 5) is 38.6. The van der Waals surface area contributed by atoms with Crippen molar-refractivity contribution in [1.29, 1.82) is 0 Å². The average molecular weight is 537 g/mol. The summed E-state index contributed by atoms with van der Waals surface area (Å²) in [5.74, 6) is -1.75. The lowest BCUT2D eigenvalue weighted by molar-refractivity contribution is -0.265. The maximum Gasteiger partial charge on any atom is 0.310 e. The minimum absolute atomic E-state index is 0.00411. The number of rotatable bonds is 8. The van der Waals surface area contributed by atoms with Crippen LogP contribution in [0.25, 0.3) is 0 Å². The van der Waals surface area contributed by atoms with Gasteiger partial charge in [-0.2, -0.15) is 0 Å². The third-order valence-electron chi connectivity index (χ3n) is 9.69. The maximum absolute atomic E-state index is 13.5. The fraction of sp³-hybridized carbons (Fsp3) is 0.828. The van der Waals surface area contributed by atoms with Gasteiger partial charge in [-0.05, 0) is 46.0 Å². The molecule has 0 unspecified atom stereocenters. The molecule has 1 N–H and O–H groups in total. The van der Waals surface area contributed by atoms with Gasteiger partial charge in [-0.25, -0.2) is 0 Å². The second kappa shape index (κ2) is 11.7. The SMILES string of the molecule is COC(=O)[C@H]1[C@@H](C(=O)CC[C@H]2[C@H](C)OC(=O)[C@@H]2C)CC=C2C[C@@H](O[C@H]3C[C@@H](OC)[C@@H](O)[C@@H](C)O3)CC[C@@]21C. The molecule has 0 radical (unpaired) electrons. The number of methoxy groups -OCH3 is 2. The van der Waals surface area contributed by atoms with Crippen LogP contribution in [-0.2, 0) is 38.1 Å². The minimum atomic E-state index is -0.695. The number of allylic oxidation sites excluding steroid dienone is 1. The van der Waals surface area contributed by atoms with Gasteiger partial charge >= 0.3 is 11.9 Å². The van der Waals surface area contributed by atoms with Crippen LogP contribution in [0.15, 0.2) is 11.6 Å². The van der Waals surface area contributed by atoms with Crippen LogP contribution in [-0.4, -0.2) is 73.9 Å². The summed E-state index contributed by atoms with van der Waals surface area (Å²) < 4.78 is 28.2. The summed E-state index contributed by atoms with van der Waals surface area (Å²) in [7, 11) is 2.96. The molecule has 0 spiro atoms. The molecule has 3 fully saturated rings. The quantitative estimate of drug-likeness (QED) is 0.368. The summed E-state index contributed by atoms with van der Waals surface area (Å²) in [6.07, 6.45) is 3.78. The molecule has 1 saturated carbocycles. The number of fused-ring (bicyclic) bond motifs is 1. The highest BCUT2D eigenvalue weighted by molar-refractivity contribution is 5.88. The smallest absolute Gasteiger partial charge is 0.310 e. The molecule has 4 rings (SSSR count). The van der Waals surface area contributed by atoms with Crippen LogP contribution >= 0.6 is 0 Å². The average Bonchev–Trinajstić information content (AvgIpc) is 3.13. The van der Waals surface area contributed by atoms with Gasteiger partial charge in [0.15, 0.2) is 6.29 Å². The predicted octanol–water partition coefficient (Wildman–Crippen LogP) is 3.36. The highest BCUT2D eigenvalue weighted by atomic mass is 16.7. The highest BCUT2D eigenvalue weighted by Gasteiger charge is 2.53. The van der Waals surface area contributed by atoms with Gasteiger partial charge in [0, 0.05) is 37.2 Å². The van der Waals surface area contributed by atoms with Crippen molar-refractivity contribution < 1.29 is 43.2 Å². The molecule has 2 heterocycles. The summed E-state index contributed by atoms with van der Waals surface area (Å²) in [6, 6.07) is 0. The van der Waals surface area contributed by atoms with Crippen molar-refractivity contribution >= 4 is 17.7 Å². The van der Waals surface area contributed by atoms with Gasteiger partial charge in [-0.3, -0.25) is 14.4 Å². The lowest BCUT2D eigenvalue weighted by Crippen LogP contribution is -2.51. The number of cyclic esters (lactones) is 1. The van der Waals surface area contributed by atoms with E-state index in [1.807, 2.05) is 20.8 Å². The second-order valence-electron chi connectivity index (χ2n) is 11.9. The van der Waals surface area contributed by atoms with Crippen LogP contribution in [0.3, 0.4) is 0 Å². The van der Waals surface area contributed by atoms with Crippen molar-refractivity contribution in [3.05, 3.63) is 11.6 Å². The predicted molar refractivity (Wildman–Crippen MR) is 137 cm³/mol. The Hall–Kier alpha value is -1.81. The molecule has 0 aromatic carbocycles. The van der Waals surface area contributed by atoms with E-state index in [1.165, 1.54) is 7.11 Å². The van der Waals surface area contributed by atoms with Crippen molar-refractivity contribution in [3.8, 4) is 0 Å². The number of aliphatic hydroxyl groups excluding tert-OH is 1. The van der Waals surface area contributed by atoms with Crippen LogP contribution in [0.4, 0.5) is 0 Å². The molecule has 0 aromatic heterocycles. The van der Waals surface area contributed by atoms with Gasteiger partial charge < -0.3 is 28.8 Å². The van der Waals surface area contributed by atoms with Crippen LogP contribution in [0.5, 0.6) is 0 Å². The molecule has 9 heteroatoms. The van der Waals surface area contributed by atoms with E-state index >= 15 is 0 Å². The van der Waals surface area contributed by atoms with Crippen molar-refractivity contribution in [2.75, 3.05) is 14.2 Å². The van der Waals surface area contributed by atoms with Gasteiger partial charge in [0.25, 0.3) is 0 Å². The topological polar surface area (TPSA) is 118 Å². The zero-order chi connectivity index (χ0) is 27.8. The Morgan fingerprint density at radius 2 is 1.92 bits per heavy atom. The van der Waals surface area contributed by atoms with Crippen molar-refractivity contribution in [3.63, 3.8) is 0 Å². The van der Waals surface area contributed by atoms with E-state index in [0.29, 0.717) is 44.9 Å². The maximum atomic E-state index is 13.5. The first-order valence-electron chi connectivity index (χ1n) is 14.0. The van der Waals surface area contributed by atoms with Crippen LogP contribution < -0.4 is 0 Å².